The maximum Gasteiger partial charge on any atom is 0.263 e. The fourth-order valence-electron chi connectivity index (χ4n) is 2.60. The average Bonchev–Trinajstić information content (AvgIpc) is 3.07. The zero-order valence-electron chi connectivity index (χ0n) is 15.6. The lowest BCUT2D eigenvalue weighted by Crippen LogP contribution is -2.12. The van der Waals surface area contributed by atoms with Crippen LogP contribution in [0, 0.1) is 0 Å². The number of ether oxygens (including phenoxy) is 1. The van der Waals surface area contributed by atoms with Gasteiger partial charge in [-0.1, -0.05) is 42.9 Å². The third-order valence-electron chi connectivity index (χ3n) is 4.00. The summed E-state index contributed by atoms with van der Waals surface area (Å²) in [6.45, 7) is 2.03. The zero-order valence-corrected chi connectivity index (χ0v) is 17.2. The molecule has 0 aliphatic carbocycles. The van der Waals surface area contributed by atoms with Gasteiger partial charge in [-0.25, -0.2) is 13.4 Å². The van der Waals surface area contributed by atoms with E-state index in [9.17, 15) is 13.2 Å². The van der Waals surface area contributed by atoms with E-state index in [1.54, 1.807) is 30.3 Å². The molecule has 9 heteroatoms. The van der Waals surface area contributed by atoms with E-state index in [2.05, 4.69) is 15.0 Å². The summed E-state index contributed by atoms with van der Waals surface area (Å²) < 4.78 is 33.6. The summed E-state index contributed by atoms with van der Waals surface area (Å²) in [6.07, 6.45) is 2.20. The summed E-state index contributed by atoms with van der Waals surface area (Å²) in [5.41, 5.74) is 1.12. The van der Waals surface area contributed by atoms with Crippen molar-refractivity contribution in [3.63, 3.8) is 0 Å². The van der Waals surface area contributed by atoms with Gasteiger partial charge in [-0.2, -0.15) is 0 Å². The zero-order chi connectivity index (χ0) is 20.1. The Morgan fingerprint density at radius 2 is 1.96 bits per heavy atom. The summed E-state index contributed by atoms with van der Waals surface area (Å²) in [5.74, 6) is 0.391. The highest BCUT2D eigenvalue weighted by atomic mass is 32.2. The van der Waals surface area contributed by atoms with Crippen molar-refractivity contribution in [1.29, 1.82) is 0 Å². The van der Waals surface area contributed by atoms with Gasteiger partial charge in [-0.15, -0.1) is 0 Å². The van der Waals surface area contributed by atoms with E-state index in [0.29, 0.717) is 28.1 Å². The normalized spacial score (nSPS) is 11.4. The van der Waals surface area contributed by atoms with Gasteiger partial charge in [0.05, 0.1) is 16.7 Å². The summed E-state index contributed by atoms with van der Waals surface area (Å²) in [4.78, 5) is 16.5. The number of sulfonamides is 1. The lowest BCUT2D eigenvalue weighted by Gasteiger charge is -2.07. The van der Waals surface area contributed by atoms with Crippen LogP contribution in [0.15, 0.2) is 47.4 Å². The largest absolute Gasteiger partial charge is 0.494 e. The van der Waals surface area contributed by atoms with Crippen LogP contribution in [0.2, 0.25) is 0 Å². The first kappa shape index (κ1) is 20.1. The minimum Gasteiger partial charge on any atom is -0.494 e. The van der Waals surface area contributed by atoms with Crippen molar-refractivity contribution in [2.24, 2.45) is 0 Å². The molecule has 3 aromatic rings. The van der Waals surface area contributed by atoms with Crippen molar-refractivity contribution >= 4 is 48.3 Å². The van der Waals surface area contributed by atoms with Gasteiger partial charge in [0.25, 0.3) is 10.0 Å². The predicted molar refractivity (Wildman–Crippen MR) is 112 cm³/mol. The maximum atomic E-state index is 12.5. The second kappa shape index (κ2) is 8.57. The smallest absolute Gasteiger partial charge is 0.263 e. The Kier molecular flexibility index (Phi) is 6.15. The number of rotatable bonds is 8. The first-order valence-electron chi connectivity index (χ1n) is 8.79. The third kappa shape index (κ3) is 4.60. The van der Waals surface area contributed by atoms with Crippen LogP contribution in [-0.4, -0.2) is 26.4 Å². The van der Waals surface area contributed by atoms with E-state index in [0.717, 1.165) is 12.8 Å². The molecule has 1 heterocycles. The predicted octanol–water partition coefficient (Wildman–Crippen LogP) is 4.23. The lowest BCUT2D eigenvalue weighted by atomic mass is 10.2. The number of carbonyl (C=O) groups excluding carboxylic acids is 1. The van der Waals surface area contributed by atoms with Crippen LogP contribution in [0.4, 0.5) is 10.8 Å². The molecule has 1 amide bonds. The molecule has 0 unspecified atom stereocenters. The lowest BCUT2D eigenvalue weighted by molar-refractivity contribution is -0.116. The van der Waals surface area contributed by atoms with E-state index in [4.69, 9.17) is 4.74 Å². The average molecular weight is 420 g/mol. The molecule has 0 atom stereocenters. The van der Waals surface area contributed by atoms with E-state index < -0.39 is 10.0 Å². The Morgan fingerprint density at radius 1 is 1.21 bits per heavy atom. The number of unbranched alkanes of at least 4 members (excludes halogenated alkanes) is 1. The fraction of sp³-hybridized carbons (Fsp3) is 0.263. The van der Waals surface area contributed by atoms with Crippen LogP contribution in [0.5, 0.6) is 5.75 Å². The number of amides is 1. The summed E-state index contributed by atoms with van der Waals surface area (Å²) in [5, 5.41) is 3.08. The van der Waals surface area contributed by atoms with Crippen LogP contribution in [0.3, 0.4) is 0 Å². The molecule has 148 valence electrons. The van der Waals surface area contributed by atoms with Crippen molar-refractivity contribution in [2.45, 2.75) is 31.1 Å². The molecule has 0 saturated heterocycles. The molecule has 28 heavy (non-hydrogen) atoms. The van der Waals surface area contributed by atoms with Gasteiger partial charge in [-0.05, 0) is 24.6 Å². The molecule has 1 aromatic heterocycles. The molecule has 7 nitrogen and oxygen atoms in total. The molecule has 2 N–H and O–H groups in total. The second-order valence-corrected chi connectivity index (χ2v) is 8.83. The highest BCUT2D eigenvalue weighted by molar-refractivity contribution is 7.93. The second-order valence-electron chi connectivity index (χ2n) is 6.11. The van der Waals surface area contributed by atoms with Gasteiger partial charge in [0.1, 0.15) is 11.3 Å². The Bertz CT molecular complexity index is 1080. The van der Waals surface area contributed by atoms with Crippen LogP contribution in [0.1, 0.15) is 26.2 Å². The Morgan fingerprint density at radius 3 is 2.64 bits per heavy atom. The first-order chi connectivity index (χ1) is 13.4. The van der Waals surface area contributed by atoms with Crippen LogP contribution >= 0.6 is 11.3 Å². The molecule has 0 spiro atoms. The number of methoxy groups -OCH3 is 1. The van der Waals surface area contributed by atoms with Gasteiger partial charge < -0.3 is 10.1 Å². The number of nitrogens with zero attached hydrogens (tertiary/aromatic N) is 1. The molecule has 0 bridgehead atoms. The van der Waals surface area contributed by atoms with Gasteiger partial charge in [-0.3, -0.25) is 9.52 Å². The number of aromatic nitrogens is 1. The number of thiazole rings is 1. The van der Waals surface area contributed by atoms with Crippen LogP contribution in [0.25, 0.3) is 10.2 Å². The Labute approximate surface area is 167 Å². The number of benzene rings is 2. The number of fused-ring (bicyclic) bond motifs is 1. The minimum absolute atomic E-state index is 0.0715. The third-order valence-corrected chi connectivity index (χ3v) is 6.40. The van der Waals surface area contributed by atoms with Gasteiger partial charge in [0.2, 0.25) is 5.91 Å². The molecular formula is C19H21N3O4S2. The standard InChI is InChI=1S/C19H21N3O4S2/c1-3-4-10-17(23)20-13-11-15(26-2)18-16(12-13)27-19(21-18)22-28(24,25)14-8-6-5-7-9-14/h5-9,11-12H,3-4,10H2,1-2H3,(H,20,23)(H,21,22). The number of carbonyl (C=O) groups is 1. The van der Waals surface area contributed by atoms with Crippen LogP contribution in [-0.2, 0) is 14.8 Å². The molecule has 0 aliphatic heterocycles. The van der Waals surface area contributed by atoms with Crippen molar-refractivity contribution in [3.8, 4) is 5.75 Å². The van der Waals surface area contributed by atoms with Crippen LogP contribution < -0.4 is 14.8 Å². The quantitative estimate of drug-likeness (QED) is 0.569. The SMILES string of the molecule is CCCCC(=O)Nc1cc(OC)c2nc(NS(=O)(=O)c3ccccc3)sc2c1. The molecule has 0 radical (unpaired) electrons. The monoisotopic (exact) mass is 419 g/mol. The van der Waals surface area contributed by atoms with Crippen molar-refractivity contribution in [2.75, 3.05) is 17.1 Å². The number of hydrogen-bond acceptors (Lipinski definition) is 6. The first-order valence-corrected chi connectivity index (χ1v) is 11.1. The molecule has 3 rings (SSSR count). The maximum absolute atomic E-state index is 12.5. The topological polar surface area (TPSA) is 97.4 Å². The van der Waals surface area contributed by atoms with E-state index in [1.165, 1.54) is 30.6 Å². The summed E-state index contributed by atoms with van der Waals surface area (Å²) in [6, 6.07) is 11.5. The molecular weight excluding hydrogens is 398 g/mol. The summed E-state index contributed by atoms with van der Waals surface area (Å²) >= 11 is 1.17. The molecule has 2 aromatic carbocycles. The Balaban J connectivity index is 1.89. The van der Waals surface area contributed by atoms with Crippen molar-refractivity contribution < 1.29 is 17.9 Å². The van der Waals surface area contributed by atoms with Gasteiger partial charge in [0, 0.05) is 18.2 Å². The number of nitrogens with one attached hydrogen (secondary N) is 2. The fourth-order valence-corrected chi connectivity index (χ4v) is 4.78. The van der Waals surface area contributed by atoms with Crippen molar-refractivity contribution in [1.82, 2.24) is 4.98 Å². The molecule has 0 saturated carbocycles. The number of anilines is 2. The highest BCUT2D eigenvalue weighted by Crippen LogP contribution is 2.36. The van der Waals surface area contributed by atoms with Crippen molar-refractivity contribution in [3.05, 3.63) is 42.5 Å². The van der Waals surface area contributed by atoms with Gasteiger partial charge in [0.15, 0.2) is 5.13 Å². The minimum atomic E-state index is -3.73. The van der Waals surface area contributed by atoms with E-state index in [-0.39, 0.29) is 15.9 Å². The molecule has 0 fully saturated rings. The summed E-state index contributed by atoms with van der Waals surface area (Å²) in [7, 11) is -2.23. The van der Waals surface area contributed by atoms with E-state index >= 15 is 0 Å². The van der Waals surface area contributed by atoms with E-state index in [1.807, 2.05) is 6.92 Å². The highest BCUT2D eigenvalue weighted by Gasteiger charge is 2.18. The van der Waals surface area contributed by atoms with Gasteiger partial charge >= 0.3 is 0 Å². The number of hydrogen-bond donors (Lipinski definition) is 2. The Hall–Kier alpha value is -2.65. The molecule has 0 aliphatic rings.